The van der Waals surface area contributed by atoms with Gasteiger partial charge in [-0.1, -0.05) is 13.8 Å². The maximum absolute atomic E-state index is 11.6. The molecule has 0 saturated carbocycles. The number of amides is 1. The van der Waals surface area contributed by atoms with Crippen molar-refractivity contribution in [3.8, 4) is 0 Å². The number of likely N-dealkylation sites (N-methyl/N-ethyl adjacent to an activating group) is 1. The fraction of sp³-hybridized carbons (Fsp3) is 0.923. The van der Waals surface area contributed by atoms with Crippen LogP contribution in [-0.4, -0.2) is 64.3 Å². The third-order valence-electron chi connectivity index (χ3n) is 2.74. The molecule has 0 aromatic rings. The molecular formula is C13H29N3O2. The van der Waals surface area contributed by atoms with Crippen molar-refractivity contribution >= 4 is 5.91 Å². The van der Waals surface area contributed by atoms with E-state index in [0.717, 1.165) is 13.0 Å². The Bertz CT molecular complexity index is 220. The van der Waals surface area contributed by atoms with Gasteiger partial charge < -0.3 is 20.3 Å². The summed E-state index contributed by atoms with van der Waals surface area (Å²) in [6, 6.07) is 0.338. The van der Waals surface area contributed by atoms with Crippen molar-refractivity contribution < 1.29 is 9.53 Å². The predicted octanol–water partition coefficient (Wildman–Crippen LogP) is 0.315. The molecule has 0 aromatic heterocycles. The van der Waals surface area contributed by atoms with E-state index in [1.165, 1.54) is 0 Å². The molecule has 0 aliphatic rings. The standard InChI is InChI=1S/C13H29N3O2/c1-11(2)12(10-16(3)4)15-9-13(17)14-7-6-8-18-5/h11-12,15H,6-10H2,1-5H3,(H,14,17). The summed E-state index contributed by atoms with van der Waals surface area (Å²) in [6.07, 6.45) is 0.855. The van der Waals surface area contributed by atoms with Gasteiger partial charge >= 0.3 is 0 Å². The molecule has 0 saturated heterocycles. The molecule has 0 radical (unpaired) electrons. The largest absolute Gasteiger partial charge is 0.385 e. The molecule has 0 heterocycles. The molecule has 0 aromatic carbocycles. The van der Waals surface area contributed by atoms with E-state index in [2.05, 4.69) is 29.4 Å². The highest BCUT2D eigenvalue weighted by Crippen LogP contribution is 2.01. The van der Waals surface area contributed by atoms with Crippen molar-refractivity contribution in [3.63, 3.8) is 0 Å². The summed E-state index contributed by atoms with van der Waals surface area (Å²) in [5.74, 6) is 0.559. The number of ether oxygens (including phenoxy) is 1. The van der Waals surface area contributed by atoms with Crippen LogP contribution in [0.5, 0.6) is 0 Å². The maximum Gasteiger partial charge on any atom is 0.233 e. The van der Waals surface area contributed by atoms with E-state index in [4.69, 9.17) is 4.74 Å². The lowest BCUT2D eigenvalue weighted by atomic mass is 10.0. The first-order valence-electron chi connectivity index (χ1n) is 6.61. The van der Waals surface area contributed by atoms with Crippen LogP contribution in [0.2, 0.25) is 0 Å². The summed E-state index contributed by atoms with van der Waals surface area (Å²) in [5, 5.41) is 6.18. The summed E-state index contributed by atoms with van der Waals surface area (Å²) >= 11 is 0. The average Bonchev–Trinajstić information content (AvgIpc) is 2.29. The van der Waals surface area contributed by atoms with Crippen LogP contribution in [0.25, 0.3) is 0 Å². The number of hydrogen-bond acceptors (Lipinski definition) is 4. The molecule has 18 heavy (non-hydrogen) atoms. The summed E-state index contributed by atoms with van der Waals surface area (Å²) in [6.45, 7) is 7.00. The highest BCUT2D eigenvalue weighted by molar-refractivity contribution is 5.77. The number of carbonyl (C=O) groups is 1. The van der Waals surface area contributed by atoms with Crippen LogP contribution >= 0.6 is 0 Å². The SMILES string of the molecule is COCCCNC(=O)CNC(CN(C)C)C(C)C. The van der Waals surface area contributed by atoms with Crippen LogP contribution in [0.4, 0.5) is 0 Å². The molecule has 1 atom stereocenters. The molecule has 0 fully saturated rings. The van der Waals surface area contributed by atoms with Crippen LogP contribution in [0, 0.1) is 5.92 Å². The summed E-state index contributed by atoms with van der Waals surface area (Å²) in [7, 11) is 5.75. The summed E-state index contributed by atoms with van der Waals surface area (Å²) in [5.41, 5.74) is 0. The first kappa shape index (κ1) is 17.4. The first-order chi connectivity index (χ1) is 8.47. The molecule has 5 nitrogen and oxygen atoms in total. The van der Waals surface area contributed by atoms with E-state index in [9.17, 15) is 4.79 Å². The van der Waals surface area contributed by atoms with Crippen LogP contribution < -0.4 is 10.6 Å². The lowest BCUT2D eigenvalue weighted by molar-refractivity contribution is -0.120. The molecule has 5 heteroatoms. The minimum atomic E-state index is 0.0514. The van der Waals surface area contributed by atoms with Crippen molar-refractivity contribution in [2.24, 2.45) is 5.92 Å². The van der Waals surface area contributed by atoms with Crippen LogP contribution in [0.1, 0.15) is 20.3 Å². The number of carbonyl (C=O) groups excluding carboxylic acids is 1. The van der Waals surface area contributed by atoms with Gasteiger partial charge in [0.2, 0.25) is 5.91 Å². The van der Waals surface area contributed by atoms with Gasteiger partial charge in [-0.05, 0) is 26.4 Å². The summed E-state index contributed by atoms with van der Waals surface area (Å²) in [4.78, 5) is 13.7. The van der Waals surface area contributed by atoms with Crippen LogP contribution in [-0.2, 0) is 9.53 Å². The van der Waals surface area contributed by atoms with Crippen molar-refractivity contribution in [2.45, 2.75) is 26.3 Å². The van der Waals surface area contributed by atoms with Crippen molar-refractivity contribution in [1.82, 2.24) is 15.5 Å². The Kier molecular flexibility index (Phi) is 9.92. The van der Waals surface area contributed by atoms with Gasteiger partial charge in [-0.15, -0.1) is 0 Å². The minimum absolute atomic E-state index is 0.0514. The minimum Gasteiger partial charge on any atom is -0.385 e. The van der Waals surface area contributed by atoms with Gasteiger partial charge in [-0.25, -0.2) is 0 Å². The van der Waals surface area contributed by atoms with Gasteiger partial charge in [0, 0.05) is 32.8 Å². The van der Waals surface area contributed by atoms with Crippen LogP contribution in [0.15, 0.2) is 0 Å². The molecule has 0 aliphatic heterocycles. The Labute approximate surface area is 111 Å². The molecule has 2 N–H and O–H groups in total. The van der Waals surface area contributed by atoms with Gasteiger partial charge in [0.15, 0.2) is 0 Å². The maximum atomic E-state index is 11.6. The third kappa shape index (κ3) is 9.39. The molecule has 0 aliphatic carbocycles. The molecule has 1 unspecified atom stereocenters. The number of hydrogen-bond donors (Lipinski definition) is 2. The number of nitrogens with one attached hydrogen (secondary N) is 2. The third-order valence-corrected chi connectivity index (χ3v) is 2.74. The molecular weight excluding hydrogens is 230 g/mol. The van der Waals surface area contributed by atoms with E-state index in [1.54, 1.807) is 7.11 Å². The second kappa shape index (κ2) is 10.3. The van der Waals surface area contributed by atoms with E-state index in [1.807, 2.05) is 14.1 Å². The smallest absolute Gasteiger partial charge is 0.233 e. The highest BCUT2D eigenvalue weighted by atomic mass is 16.5. The van der Waals surface area contributed by atoms with Crippen LogP contribution in [0.3, 0.4) is 0 Å². The first-order valence-corrected chi connectivity index (χ1v) is 6.61. The number of methoxy groups -OCH3 is 1. The Morgan fingerprint density at radius 1 is 1.33 bits per heavy atom. The lowest BCUT2D eigenvalue weighted by Gasteiger charge is -2.25. The molecule has 0 rings (SSSR count). The van der Waals surface area contributed by atoms with Gasteiger partial charge in [-0.3, -0.25) is 4.79 Å². The molecule has 0 bridgehead atoms. The van der Waals surface area contributed by atoms with E-state index >= 15 is 0 Å². The normalized spacial score (nSPS) is 13.1. The Hall–Kier alpha value is -0.650. The molecule has 0 spiro atoms. The Morgan fingerprint density at radius 2 is 2.00 bits per heavy atom. The molecule has 1 amide bonds. The predicted molar refractivity (Wildman–Crippen MR) is 74.7 cm³/mol. The van der Waals surface area contributed by atoms with E-state index in [0.29, 0.717) is 31.7 Å². The topological polar surface area (TPSA) is 53.6 Å². The molecule has 108 valence electrons. The van der Waals surface area contributed by atoms with Crippen molar-refractivity contribution in [2.75, 3.05) is 47.4 Å². The average molecular weight is 259 g/mol. The van der Waals surface area contributed by atoms with Crippen molar-refractivity contribution in [3.05, 3.63) is 0 Å². The monoisotopic (exact) mass is 259 g/mol. The summed E-state index contributed by atoms with van der Waals surface area (Å²) < 4.78 is 4.92. The zero-order chi connectivity index (χ0) is 14.0. The zero-order valence-corrected chi connectivity index (χ0v) is 12.5. The van der Waals surface area contributed by atoms with Gasteiger partial charge in [0.05, 0.1) is 6.54 Å². The number of rotatable bonds is 10. The second-order valence-electron chi connectivity index (χ2n) is 5.19. The van der Waals surface area contributed by atoms with Gasteiger partial charge in [-0.2, -0.15) is 0 Å². The van der Waals surface area contributed by atoms with E-state index in [-0.39, 0.29) is 5.91 Å². The second-order valence-corrected chi connectivity index (χ2v) is 5.19. The zero-order valence-electron chi connectivity index (χ0n) is 12.5. The van der Waals surface area contributed by atoms with Gasteiger partial charge in [0.25, 0.3) is 0 Å². The quantitative estimate of drug-likeness (QED) is 0.555. The van der Waals surface area contributed by atoms with Gasteiger partial charge in [0.1, 0.15) is 0 Å². The van der Waals surface area contributed by atoms with Crippen molar-refractivity contribution in [1.29, 1.82) is 0 Å². The Morgan fingerprint density at radius 3 is 2.50 bits per heavy atom. The lowest BCUT2D eigenvalue weighted by Crippen LogP contribution is -2.46. The Balaban J connectivity index is 3.78. The van der Waals surface area contributed by atoms with E-state index < -0.39 is 0 Å². The highest BCUT2D eigenvalue weighted by Gasteiger charge is 2.14. The fourth-order valence-electron chi connectivity index (χ4n) is 1.64. The fourth-order valence-corrected chi connectivity index (χ4v) is 1.64. The number of nitrogens with zero attached hydrogens (tertiary/aromatic N) is 1.